The molecule has 3 rings (SSSR count). The largest absolute Gasteiger partial charge is 0.464 e. The van der Waals surface area contributed by atoms with Crippen molar-refractivity contribution >= 4 is 21.6 Å². The fourth-order valence-electron chi connectivity index (χ4n) is 3.33. The van der Waals surface area contributed by atoms with Crippen LogP contribution in [0.25, 0.3) is 0 Å². The maximum Gasteiger partial charge on any atom is 0.246 e. The Balaban J connectivity index is 1.83. The fraction of sp³-hybridized carbons (Fsp3) is 0.714. The molecule has 2 fully saturated rings. The molecular formula is C14H21ClN2O3S. The van der Waals surface area contributed by atoms with Crippen LogP contribution >= 0.6 is 11.6 Å². The summed E-state index contributed by atoms with van der Waals surface area (Å²) < 4.78 is 32.6. The number of fused-ring (bicyclic) bond motifs is 1. The van der Waals surface area contributed by atoms with E-state index in [1.54, 1.807) is 17.3 Å². The SMILES string of the molecule is Cc1oc(CCl)cc1S(=O)(=O)N1CCN2CCCCC2C1. The Morgan fingerprint density at radius 3 is 2.86 bits per heavy atom. The molecule has 1 aromatic rings. The molecule has 0 spiro atoms. The van der Waals surface area contributed by atoms with Crippen molar-refractivity contribution in [1.82, 2.24) is 9.21 Å². The number of furan rings is 1. The minimum atomic E-state index is -3.48. The van der Waals surface area contributed by atoms with Crippen LogP contribution in [0.5, 0.6) is 0 Å². The van der Waals surface area contributed by atoms with Gasteiger partial charge in [-0.2, -0.15) is 4.31 Å². The summed E-state index contributed by atoms with van der Waals surface area (Å²) in [5.41, 5.74) is 0. The molecule has 5 nitrogen and oxygen atoms in total. The van der Waals surface area contributed by atoms with E-state index in [9.17, 15) is 8.42 Å². The second-order valence-corrected chi connectivity index (χ2v) is 7.99. The molecule has 3 heterocycles. The van der Waals surface area contributed by atoms with Crippen LogP contribution in [-0.2, 0) is 15.9 Å². The monoisotopic (exact) mass is 332 g/mol. The van der Waals surface area contributed by atoms with E-state index in [2.05, 4.69) is 4.90 Å². The maximum absolute atomic E-state index is 12.8. The van der Waals surface area contributed by atoms with Gasteiger partial charge in [0.2, 0.25) is 10.0 Å². The summed E-state index contributed by atoms with van der Waals surface area (Å²) in [6, 6.07) is 1.92. The van der Waals surface area contributed by atoms with E-state index in [-0.39, 0.29) is 10.8 Å². The molecule has 1 atom stereocenters. The van der Waals surface area contributed by atoms with Gasteiger partial charge in [-0.05, 0) is 26.3 Å². The third-order valence-electron chi connectivity index (χ3n) is 4.47. The summed E-state index contributed by atoms with van der Waals surface area (Å²) in [7, 11) is -3.48. The molecule has 2 aliphatic rings. The molecule has 7 heteroatoms. The van der Waals surface area contributed by atoms with Crippen LogP contribution < -0.4 is 0 Å². The zero-order chi connectivity index (χ0) is 15.0. The normalized spacial score (nSPS) is 25.0. The lowest BCUT2D eigenvalue weighted by Crippen LogP contribution is -2.56. The summed E-state index contributed by atoms with van der Waals surface area (Å²) in [6.45, 7) is 4.74. The number of hydrogen-bond acceptors (Lipinski definition) is 4. The minimum absolute atomic E-state index is 0.187. The van der Waals surface area contributed by atoms with Crippen molar-refractivity contribution in [3.05, 3.63) is 17.6 Å². The summed E-state index contributed by atoms with van der Waals surface area (Å²) >= 11 is 5.73. The third kappa shape index (κ3) is 2.86. The number of piperidine rings is 1. The van der Waals surface area contributed by atoms with Crippen LogP contribution in [0.3, 0.4) is 0 Å². The molecule has 0 amide bonds. The van der Waals surface area contributed by atoms with Crippen LogP contribution in [0.1, 0.15) is 30.8 Å². The van der Waals surface area contributed by atoms with Gasteiger partial charge in [-0.3, -0.25) is 4.90 Å². The first-order chi connectivity index (χ1) is 10.0. The highest BCUT2D eigenvalue weighted by atomic mass is 35.5. The second kappa shape index (κ2) is 5.91. The zero-order valence-electron chi connectivity index (χ0n) is 12.2. The van der Waals surface area contributed by atoms with Crippen molar-refractivity contribution in [2.75, 3.05) is 26.2 Å². The quantitative estimate of drug-likeness (QED) is 0.796. The molecule has 0 aromatic carbocycles. The average Bonchev–Trinajstić information content (AvgIpc) is 2.88. The van der Waals surface area contributed by atoms with Crippen LogP contribution in [0.2, 0.25) is 0 Å². The fourth-order valence-corrected chi connectivity index (χ4v) is 5.12. The highest BCUT2D eigenvalue weighted by Gasteiger charge is 2.36. The van der Waals surface area contributed by atoms with E-state index >= 15 is 0 Å². The zero-order valence-corrected chi connectivity index (χ0v) is 13.8. The summed E-state index contributed by atoms with van der Waals surface area (Å²) in [4.78, 5) is 2.68. The Bertz CT molecular complexity index is 614. The van der Waals surface area contributed by atoms with Gasteiger partial charge in [0.25, 0.3) is 0 Å². The molecule has 0 radical (unpaired) electrons. The third-order valence-corrected chi connectivity index (χ3v) is 6.71. The molecular weight excluding hydrogens is 312 g/mol. The van der Waals surface area contributed by atoms with Gasteiger partial charge in [0.05, 0.1) is 5.88 Å². The number of nitrogens with zero attached hydrogens (tertiary/aromatic N) is 2. The molecule has 0 N–H and O–H groups in total. The predicted octanol–water partition coefficient (Wildman–Crippen LogP) is 2.19. The summed E-state index contributed by atoms with van der Waals surface area (Å²) in [6.07, 6.45) is 3.50. The number of hydrogen-bond donors (Lipinski definition) is 0. The Kier molecular flexibility index (Phi) is 4.32. The first kappa shape index (κ1) is 15.3. The standard InChI is InChI=1S/C14H21ClN2O3S/c1-11-14(8-13(9-15)20-11)21(18,19)17-7-6-16-5-3-2-4-12(16)10-17/h8,12H,2-7,9-10H2,1H3. The molecule has 2 aliphatic heterocycles. The van der Waals surface area contributed by atoms with Crippen molar-refractivity contribution in [3.63, 3.8) is 0 Å². The van der Waals surface area contributed by atoms with E-state index in [4.69, 9.17) is 16.0 Å². The van der Waals surface area contributed by atoms with Crippen LogP contribution in [0.15, 0.2) is 15.4 Å². The van der Waals surface area contributed by atoms with Crippen molar-refractivity contribution in [2.45, 2.75) is 43.0 Å². The van der Waals surface area contributed by atoms with E-state index in [1.807, 2.05) is 0 Å². The van der Waals surface area contributed by atoms with Crippen LogP contribution in [0.4, 0.5) is 0 Å². The van der Waals surface area contributed by atoms with Gasteiger partial charge in [0.15, 0.2) is 0 Å². The highest BCUT2D eigenvalue weighted by Crippen LogP contribution is 2.28. The second-order valence-electron chi connectivity index (χ2n) is 5.82. The Hall–Kier alpha value is -0.560. The van der Waals surface area contributed by atoms with Crippen molar-refractivity contribution in [1.29, 1.82) is 0 Å². The molecule has 0 bridgehead atoms. The Morgan fingerprint density at radius 1 is 1.33 bits per heavy atom. The van der Waals surface area contributed by atoms with Gasteiger partial charge in [-0.1, -0.05) is 6.42 Å². The molecule has 0 aliphatic carbocycles. The minimum Gasteiger partial charge on any atom is -0.464 e. The number of halogens is 1. The lowest BCUT2D eigenvalue weighted by molar-refractivity contribution is 0.0851. The van der Waals surface area contributed by atoms with Crippen LogP contribution in [0, 0.1) is 6.92 Å². The van der Waals surface area contributed by atoms with Gasteiger partial charge in [-0.25, -0.2) is 8.42 Å². The smallest absolute Gasteiger partial charge is 0.246 e. The highest BCUT2D eigenvalue weighted by molar-refractivity contribution is 7.89. The van der Waals surface area contributed by atoms with Crippen molar-refractivity contribution in [3.8, 4) is 0 Å². The maximum atomic E-state index is 12.8. The number of aryl methyl sites for hydroxylation is 1. The van der Waals surface area contributed by atoms with Gasteiger partial charge in [0, 0.05) is 31.7 Å². The molecule has 118 valence electrons. The van der Waals surface area contributed by atoms with Gasteiger partial charge in [-0.15, -0.1) is 11.6 Å². The van der Waals surface area contributed by atoms with E-state index in [0.717, 1.165) is 19.5 Å². The van der Waals surface area contributed by atoms with E-state index in [0.29, 0.717) is 30.7 Å². The number of rotatable bonds is 3. The lowest BCUT2D eigenvalue weighted by Gasteiger charge is -2.43. The molecule has 1 aromatic heterocycles. The summed E-state index contributed by atoms with van der Waals surface area (Å²) in [5, 5.41) is 0. The van der Waals surface area contributed by atoms with Crippen molar-refractivity contribution in [2.24, 2.45) is 0 Å². The molecule has 1 unspecified atom stereocenters. The molecule has 21 heavy (non-hydrogen) atoms. The Morgan fingerprint density at radius 2 is 2.14 bits per heavy atom. The van der Waals surface area contributed by atoms with Gasteiger partial charge < -0.3 is 4.42 Å². The first-order valence-electron chi connectivity index (χ1n) is 7.42. The number of sulfonamides is 1. The van der Waals surface area contributed by atoms with E-state index < -0.39 is 10.0 Å². The number of alkyl halides is 1. The lowest BCUT2D eigenvalue weighted by atomic mass is 10.0. The summed E-state index contributed by atoms with van der Waals surface area (Å²) in [5.74, 6) is 1.12. The average molecular weight is 333 g/mol. The van der Waals surface area contributed by atoms with Crippen molar-refractivity contribution < 1.29 is 12.8 Å². The van der Waals surface area contributed by atoms with Gasteiger partial charge >= 0.3 is 0 Å². The number of piperazine rings is 1. The van der Waals surface area contributed by atoms with Gasteiger partial charge in [0.1, 0.15) is 16.4 Å². The Labute approximate surface area is 130 Å². The predicted molar refractivity (Wildman–Crippen MR) is 81.0 cm³/mol. The topological polar surface area (TPSA) is 53.8 Å². The van der Waals surface area contributed by atoms with E-state index in [1.165, 1.54) is 12.8 Å². The molecule has 0 saturated carbocycles. The molecule has 2 saturated heterocycles. The van der Waals surface area contributed by atoms with Crippen LogP contribution in [-0.4, -0.2) is 49.8 Å². The first-order valence-corrected chi connectivity index (χ1v) is 9.39.